The summed E-state index contributed by atoms with van der Waals surface area (Å²) in [5.41, 5.74) is -0.871. The van der Waals surface area contributed by atoms with Crippen molar-refractivity contribution in [3.8, 4) is 12.1 Å². The van der Waals surface area contributed by atoms with Gasteiger partial charge in [-0.2, -0.15) is 23.7 Å². The second kappa shape index (κ2) is 7.89. The van der Waals surface area contributed by atoms with Gasteiger partial charge in [0.2, 0.25) is 0 Å². The first-order chi connectivity index (χ1) is 10.4. The Kier molecular flexibility index (Phi) is 6.21. The zero-order valence-corrected chi connectivity index (χ0v) is 11.5. The van der Waals surface area contributed by atoms with Crippen LogP contribution in [0.1, 0.15) is 18.4 Å². The number of carbonyl (C=O) groups excluding carboxylic acids is 1. The van der Waals surface area contributed by atoms with E-state index in [1.165, 1.54) is 17.0 Å². The number of rotatable bonds is 5. The van der Waals surface area contributed by atoms with Crippen molar-refractivity contribution >= 4 is 11.7 Å². The number of nitrogens with one attached hydrogen (secondary N) is 1. The molecule has 0 aliphatic rings. The average Bonchev–Trinajstić information content (AvgIpc) is 2.46. The number of carbonyl (C=O) groups is 1. The van der Waals surface area contributed by atoms with Crippen LogP contribution in [0.3, 0.4) is 0 Å². The van der Waals surface area contributed by atoms with Crippen LogP contribution in [0.5, 0.6) is 0 Å². The van der Waals surface area contributed by atoms with E-state index in [-0.39, 0.29) is 31.6 Å². The van der Waals surface area contributed by atoms with Crippen molar-refractivity contribution in [2.24, 2.45) is 0 Å². The van der Waals surface area contributed by atoms with E-state index in [0.717, 1.165) is 12.1 Å². The summed E-state index contributed by atoms with van der Waals surface area (Å²) >= 11 is 0. The Morgan fingerprint density at radius 1 is 1.18 bits per heavy atom. The molecule has 0 saturated carbocycles. The molecule has 0 fully saturated rings. The molecule has 116 valence electrons. The molecule has 1 aromatic carbocycles. The molecule has 1 rings (SSSR count). The summed E-state index contributed by atoms with van der Waals surface area (Å²) in [6, 6.07) is 7.34. The van der Waals surface area contributed by atoms with Crippen LogP contribution in [0.25, 0.3) is 0 Å². The molecular weight excluding hydrogens is 297 g/mol. The maximum atomic E-state index is 12.6. The third kappa shape index (κ3) is 5.33. The van der Waals surface area contributed by atoms with Crippen molar-refractivity contribution in [2.75, 3.05) is 18.4 Å². The van der Waals surface area contributed by atoms with Crippen molar-refractivity contribution in [3.05, 3.63) is 29.8 Å². The largest absolute Gasteiger partial charge is 0.416 e. The van der Waals surface area contributed by atoms with Crippen LogP contribution in [-0.4, -0.2) is 24.0 Å². The van der Waals surface area contributed by atoms with Crippen LogP contribution >= 0.6 is 0 Å². The predicted molar refractivity (Wildman–Crippen MR) is 72.5 cm³/mol. The number of alkyl halides is 3. The van der Waals surface area contributed by atoms with Gasteiger partial charge in [0.1, 0.15) is 0 Å². The molecule has 22 heavy (non-hydrogen) atoms. The minimum absolute atomic E-state index is 0.00117. The van der Waals surface area contributed by atoms with Crippen molar-refractivity contribution in [1.29, 1.82) is 10.5 Å². The first-order valence-electron chi connectivity index (χ1n) is 6.35. The summed E-state index contributed by atoms with van der Waals surface area (Å²) in [5.74, 6) is 0. The molecule has 0 aromatic heterocycles. The van der Waals surface area contributed by atoms with E-state index in [9.17, 15) is 18.0 Å². The summed E-state index contributed by atoms with van der Waals surface area (Å²) in [5, 5.41) is 19.4. The third-order valence-electron chi connectivity index (χ3n) is 2.72. The molecule has 0 atom stereocenters. The maximum absolute atomic E-state index is 12.6. The van der Waals surface area contributed by atoms with Crippen LogP contribution in [0.15, 0.2) is 24.3 Å². The second-order valence-electron chi connectivity index (χ2n) is 4.31. The Bertz CT molecular complexity index is 583. The van der Waals surface area contributed by atoms with Gasteiger partial charge in [0.05, 0.1) is 30.5 Å². The van der Waals surface area contributed by atoms with E-state index < -0.39 is 17.8 Å². The molecule has 2 amide bonds. The number of hydrogen-bond acceptors (Lipinski definition) is 3. The van der Waals surface area contributed by atoms with Crippen molar-refractivity contribution in [2.45, 2.75) is 19.0 Å². The van der Waals surface area contributed by atoms with Crippen molar-refractivity contribution in [1.82, 2.24) is 4.90 Å². The molecule has 0 unspecified atom stereocenters. The highest BCUT2D eigenvalue weighted by Crippen LogP contribution is 2.30. The Hall–Kier alpha value is -2.74. The lowest BCUT2D eigenvalue weighted by atomic mass is 10.2. The highest BCUT2D eigenvalue weighted by molar-refractivity contribution is 5.89. The van der Waals surface area contributed by atoms with Crippen molar-refractivity contribution in [3.63, 3.8) is 0 Å². The van der Waals surface area contributed by atoms with Crippen LogP contribution in [0, 0.1) is 22.7 Å². The molecule has 0 saturated heterocycles. The van der Waals surface area contributed by atoms with Gasteiger partial charge >= 0.3 is 12.2 Å². The third-order valence-corrected chi connectivity index (χ3v) is 2.72. The normalized spacial score (nSPS) is 10.4. The van der Waals surface area contributed by atoms with Gasteiger partial charge in [0.15, 0.2) is 0 Å². The van der Waals surface area contributed by atoms with E-state index in [1.54, 1.807) is 0 Å². The lowest BCUT2D eigenvalue weighted by molar-refractivity contribution is -0.137. The zero-order chi connectivity index (χ0) is 16.6. The number of nitrogens with zero attached hydrogens (tertiary/aromatic N) is 3. The average molecular weight is 310 g/mol. The Balaban J connectivity index is 2.80. The van der Waals surface area contributed by atoms with Gasteiger partial charge in [0.25, 0.3) is 0 Å². The number of halogens is 3. The summed E-state index contributed by atoms with van der Waals surface area (Å²) in [6.45, 7) is 0.200. The fourth-order valence-electron chi connectivity index (χ4n) is 1.66. The standard InChI is InChI=1S/C14H13F3N4O/c15-14(16,17)11-4-1-5-12(10-11)20-13(22)21(8-2-6-18)9-3-7-19/h1,4-5,10H,2-3,8-9H2,(H,20,22). The molecule has 1 aromatic rings. The Morgan fingerprint density at radius 3 is 2.27 bits per heavy atom. The lowest BCUT2D eigenvalue weighted by Crippen LogP contribution is -2.36. The van der Waals surface area contributed by atoms with Crippen LogP contribution in [0.4, 0.5) is 23.7 Å². The number of urea groups is 1. The molecule has 0 spiro atoms. The number of benzene rings is 1. The second-order valence-corrected chi connectivity index (χ2v) is 4.31. The molecule has 0 radical (unpaired) electrons. The highest BCUT2D eigenvalue weighted by atomic mass is 19.4. The Labute approximate surface area is 125 Å². The summed E-state index contributed by atoms with van der Waals surface area (Å²) in [4.78, 5) is 13.2. The molecule has 0 heterocycles. The van der Waals surface area contributed by atoms with E-state index in [0.29, 0.717) is 0 Å². The van der Waals surface area contributed by atoms with Gasteiger partial charge in [-0.3, -0.25) is 0 Å². The zero-order valence-electron chi connectivity index (χ0n) is 11.5. The van der Waals surface area contributed by atoms with Gasteiger partial charge in [-0.15, -0.1) is 0 Å². The number of anilines is 1. The monoisotopic (exact) mass is 310 g/mol. The molecule has 5 nitrogen and oxygen atoms in total. The SMILES string of the molecule is N#CCCN(CCC#N)C(=O)Nc1cccc(C(F)(F)F)c1. The van der Waals surface area contributed by atoms with Crippen LogP contribution < -0.4 is 5.32 Å². The van der Waals surface area contributed by atoms with Crippen LogP contribution in [-0.2, 0) is 6.18 Å². The van der Waals surface area contributed by atoms with Crippen LogP contribution in [0.2, 0.25) is 0 Å². The lowest BCUT2D eigenvalue weighted by Gasteiger charge is -2.21. The van der Waals surface area contributed by atoms with E-state index >= 15 is 0 Å². The molecule has 0 aliphatic heterocycles. The molecule has 1 N–H and O–H groups in total. The minimum atomic E-state index is -4.50. The van der Waals surface area contributed by atoms with Crippen molar-refractivity contribution < 1.29 is 18.0 Å². The predicted octanol–water partition coefficient (Wildman–Crippen LogP) is 3.37. The summed E-state index contributed by atoms with van der Waals surface area (Å²) in [6.07, 6.45) is -4.36. The smallest absolute Gasteiger partial charge is 0.322 e. The van der Waals surface area contributed by atoms with Gasteiger partial charge in [0, 0.05) is 18.8 Å². The number of amides is 2. The fraction of sp³-hybridized carbons (Fsp3) is 0.357. The number of hydrogen-bond donors (Lipinski definition) is 1. The summed E-state index contributed by atoms with van der Waals surface area (Å²) in [7, 11) is 0. The molecular formula is C14H13F3N4O. The van der Waals surface area contributed by atoms with E-state index in [2.05, 4.69) is 5.32 Å². The summed E-state index contributed by atoms with van der Waals surface area (Å²) < 4.78 is 37.8. The van der Waals surface area contributed by atoms with E-state index in [1.807, 2.05) is 12.1 Å². The highest BCUT2D eigenvalue weighted by Gasteiger charge is 2.30. The first kappa shape index (κ1) is 17.3. The molecule has 0 aliphatic carbocycles. The molecule has 0 bridgehead atoms. The minimum Gasteiger partial charge on any atom is -0.322 e. The topological polar surface area (TPSA) is 79.9 Å². The Morgan fingerprint density at radius 2 is 1.77 bits per heavy atom. The quantitative estimate of drug-likeness (QED) is 0.905. The number of nitriles is 2. The van der Waals surface area contributed by atoms with Gasteiger partial charge in [-0.1, -0.05) is 6.07 Å². The van der Waals surface area contributed by atoms with Gasteiger partial charge in [-0.25, -0.2) is 4.79 Å². The maximum Gasteiger partial charge on any atom is 0.416 e. The van der Waals surface area contributed by atoms with Gasteiger partial charge in [-0.05, 0) is 18.2 Å². The molecule has 8 heteroatoms. The van der Waals surface area contributed by atoms with Gasteiger partial charge < -0.3 is 10.2 Å². The van der Waals surface area contributed by atoms with E-state index in [4.69, 9.17) is 10.5 Å². The first-order valence-corrected chi connectivity index (χ1v) is 6.35. The fourth-order valence-corrected chi connectivity index (χ4v) is 1.66.